The summed E-state index contributed by atoms with van der Waals surface area (Å²) in [5.41, 5.74) is 0.999. The summed E-state index contributed by atoms with van der Waals surface area (Å²) < 4.78 is 0. The van der Waals surface area contributed by atoms with Crippen molar-refractivity contribution in [3.05, 3.63) is 58.3 Å². The molecule has 1 aromatic rings. The van der Waals surface area contributed by atoms with E-state index in [2.05, 4.69) is 5.32 Å². The lowest BCUT2D eigenvalue weighted by atomic mass is 10.0. The predicted octanol–water partition coefficient (Wildman–Crippen LogP) is 1.65. The Bertz CT molecular complexity index is 1060. The third-order valence-corrected chi connectivity index (χ3v) is 7.50. The topological polar surface area (TPSA) is 93.2 Å². The number of piperazine rings is 1. The highest BCUT2D eigenvalue weighted by molar-refractivity contribution is 6.30. The van der Waals surface area contributed by atoms with Gasteiger partial charge in [-0.15, -0.1) is 0 Å². The van der Waals surface area contributed by atoms with Crippen LogP contribution in [-0.4, -0.2) is 76.5 Å². The largest absolute Gasteiger partial charge is 0.369 e. The SMILES string of the molecule is O=C(NCc1ccc(Cl)cc1)C1=CC=C2C(=O)N(CC3(C(=O)N4CCCC4)CC3)CCN2C1O. The molecule has 0 radical (unpaired) electrons. The summed E-state index contributed by atoms with van der Waals surface area (Å²) in [7, 11) is 0. The summed E-state index contributed by atoms with van der Waals surface area (Å²) >= 11 is 5.89. The molecule has 0 bridgehead atoms. The van der Waals surface area contributed by atoms with Crippen LogP contribution in [0.25, 0.3) is 0 Å². The highest BCUT2D eigenvalue weighted by Gasteiger charge is 2.54. The third-order valence-electron chi connectivity index (χ3n) is 7.24. The molecule has 3 aliphatic heterocycles. The molecule has 1 aromatic carbocycles. The van der Waals surface area contributed by atoms with E-state index in [0.29, 0.717) is 36.9 Å². The molecule has 3 amide bonds. The second kappa shape index (κ2) is 9.07. The number of nitrogens with one attached hydrogen (secondary N) is 1. The van der Waals surface area contributed by atoms with Gasteiger partial charge in [-0.1, -0.05) is 23.7 Å². The Morgan fingerprint density at radius 2 is 1.76 bits per heavy atom. The van der Waals surface area contributed by atoms with Crippen LogP contribution in [0.3, 0.4) is 0 Å². The van der Waals surface area contributed by atoms with Gasteiger partial charge in [-0.3, -0.25) is 14.4 Å². The van der Waals surface area contributed by atoms with E-state index >= 15 is 0 Å². The Balaban J connectivity index is 1.24. The summed E-state index contributed by atoms with van der Waals surface area (Å²) in [4.78, 5) is 44.2. The minimum atomic E-state index is -1.20. The van der Waals surface area contributed by atoms with E-state index in [9.17, 15) is 19.5 Å². The number of aliphatic hydroxyl groups is 1. The number of carbonyl (C=O) groups excluding carboxylic acids is 3. The lowest BCUT2D eigenvalue weighted by Gasteiger charge is -2.42. The zero-order chi connectivity index (χ0) is 23.9. The number of hydrogen-bond donors (Lipinski definition) is 2. The molecule has 1 atom stereocenters. The van der Waals surface area contributed by atoms with Gasteiger partial charge in [-0.25, -0.2) is 0 Å². The Labute approximate surface area is 203 Å². The maximum Gasteiger partial charge on any atom is 0.270 e. The molecule has 8 nitrogen and oxygen atoms in total. The molecule has 180 valence electrons. The predicted molar refractivity (Wildman–Crippen MR) is 126 cm³/mol. The molecule has 4 aliphatic rings. The maximum atomic E-state index is 13.2. The minimum Gasteiger partial charge on any atom is -0.369 e. The van der Waals surface area contributed by atoms with Gasteiger partial charge in [0.05, 0.1) is 11.0 Å². The lowest BCUT2D eigenvalue weighted by Crippen LogP contribution is -2.56. The second-order valence-corrected chi connectivity index (χ2v) is 9.99. The number of allylic oxidation sites excluding steroid dienone is 2. The molecule has 3 heterocycles. The molecule has 2 saturated heterocycles. The first-order chi connectivity index (χ1) is 16.4. The van der Waals surface area contributed by atoms with Crippen molar-refractivity contribution in [3.63, 3.8) is 0 Å². The van der Waals surface area contributed by atoms with Crippen molar-refractivity contribution in [1.29, 1.82) is 0 Å². The van der Waals surface area contributed by atoms with E-state index in [1.807, 2.05) is 17.0 Å². The summed E-state index contributed by atoms with van der Waals surface area (Å²) in [5.74, 6) is -0.416. The smallest absolute Gasteiger partial charge is 0.270 e. The molecule has 34 heavy (non-hydrogen) atoms. The van der Waals surface area contributed by atoms with Gasteiger partial charge in [0.15, 0.2) is 6.23 Å². The number of benzene rings is 1. The number of likely N-dealkylation sites (tertiary alicyclic amines) is 1. The van der Waals surface area contributed by atoms with Crippen LogP contribution in [-0.2, 0) is 20.9 Å². The molecule has 9 heteroatoms. The van der Waals surface area contributed by atoms with Crippen molar-refractivity contribution >= 4 is 29.3 Å². The Kier molecular flexibility index (Phi) is 6.12. The van der Waals surface area contributed by atoms with Gasteiger partial charge in [-0.2, -0.15) is 0 Å². The Morgan fingerprint density at radius 3 is 2.44 bits per heavy atom. The van der Waals surface area contributed by atoms with Crippen molar-refractivity contribution < 1.29 is 19.5 Å². The highest BCUT2D eigenvalue weighted by Crippen LogP contribution is 2.48. The van der Waals surface area contributed by atoms with Gasteiger partial charge >= 0.3 is 0 Å². The van der Waals surface area contributed by atoms with Crippen LogP contribution in [0.2, 0.25) is 5.02 Å². The zero-order valence-electron chi connectivity index (χ0n) is 19.0. The molecule has 0 spiro atoms. The fourth-order valence-electron chi connectivity index (χ4n) is 5.02. The average Bonchev–Trinajstić information content (AvgIpc) is 3.41. The zero-order valence-corrected chi connectivity index (χ0v) is 19.8. The Hall–Kier alpha value is -2.84. The molecule has 2 N–H and O–H groups in total. The van der Waals surface area contributed by atoms with Gasteiger partial charge < -0.3 is 25.1 Å². The van der Waals surface area contributed by atoms with E-state index in [1.165, 1.54) is 6.08 Å². The van der Waals surface area contributed by atoms with Crippen molar-refractivity contribution in [3.8, 4) is 0 Å². The molecule has 1 aliphatic carbocycles. The first-order valence-corrected chi connectivity index (χ1v) is 12.2. The number of fused-ring (bicyclic) bond motifs is 1. The molecule has 0 aromatic heterocycles. The van der Waals surface area contributed by atoms with Gasteiger partial charge in [0.25, 0.3) is 11.8 Å². The van der Waals surface area contributed by atoms with Gasteiger partial charge in [-0.05, 0) is 55.5 Å². The first-order valence-electron chi connectivity index (χ1n) is 11.9. The monoisotopic (exact) mass is 484 g/mol. The van der Waals surface area contributed by atoms with Gasteiger partial charge in [0.2, 0.25) is 5.91 Å². The van der Waals surface area contributed by atoms with E-state index in [1.54, 1.807) is 28.0 Å². The Morgan fingerprint density at radius 1 is 1.06 bits per heavy atom. The minimum absolute atomic E-state index is 0.178. The molecule has 1 saturated carbocycles. The summed E-state index contributed by atoms with van der Waals surface area (Å²) in [6.07, 6.45) is 5.64. The molecular formula is C25H29ClN4O4. The maximum absolute atomic E-state index is 13.2. The number of hydrogen-bond acceptors (Lipinski definition) is 5. The van der Waals surface area contributed by atoms with Gasteiger partial charge in [0.1, 0.15) is 5.70 Å². The van der Waals surface area contributed by atoms with Gasteiger partial charge in [0, 0.05) is 44.3 Å². The van der Waals surface area contributed by atoms with Crippen molar-refractivity contribution in [2.75, 3.05) is 32.7 Å². The number of halogens is 1. The summed E-state index contributed by atoms with van der Waals surface area (Å²) in [6, 6.07) is 7.15. The fraction of sp³-hybridized carbons (Fsp3) is 0.480. The molecular weight excluding hydrogens is 456 g/mol. The highest BCUT2D eigenvalue weighted by atomic mass is 35.5. The number of carbonyl (C=O) groups is 3. The summed E-state index contributed by atoms with van der Waals surface area (Å²) in [5, 5.41) is 14.3. The average molecular weight is 485 g/mol. The van der Waals surface area contributed by atoms with E-state index in [-0.39, 0.29) is 23.3 Å². The third kappa shape index (κ3) is 4.32. The lowest BCUT2D eigenvalue weighted by molar-refractivity contribution is -0.141. The van der Waals surface area contributed by atoms with Crippen LogP contribution in [0.4, 0.5) is 0 Å². The number of nitrogens with zero attached hydrogens (tertiary/aromatic N) is 3. The van der Waals surface area contributed by atoms with E-state index < -0.39 is 11.6 Å². The van der Waals surface area contributed by atoms with E-state index in [0.717, 1.165) is 44.3 Å². The fourth-order valence-corrected chi connectivity index (χ4v) is 5.15. The van der Waals surface area contributed by atoms with Crippen LogP contribution in [0.15, 0.2) is 47.7 Å². The molecule has 5 rings (SSSR count). The summed E-state index contributed by atoms with van der Waals surface area (Å²) in [6.45, 7) is 3.15. The quantitative estimate of drug-likeness (QED) is 0.640. The molecule has 1 unspecified atom stereocenters. The normalized spacial score (nSPS) is 23.3. The second-order valence-electron chi connectivity index (χ2n) is 9.56. The van der Waals surface area contributed by atoms with Crippen LogP contribution in [0.5, 0.6) is 0 Å². The van der Waals surface area contributed by atoms with Crippen molar-refractivity contribution in [2.24, 2.45) is 5.41 Å². The van der Waals surface area contributed by atoms with Crippen molar-refractivity contribution in [2.45, 2.75) is 38.5 Å². The molecule has 3 fully saturated rings. The van der Waals surface area contributed by atoms with Crippen molar-refractivity contribution in [1.82, 2.24) is 20.0 Å². The van der Waals surface area contributed by atoms with Crippen LogP contribution < -0.4 is 5.32 Å². The number of aliphatic hydroxyl groups excluding tert-OH is 1. The first kappa shape index (κ1) is 22.9. The van der Waals surface area contributed by atoms with E-state index in [4.69, 9.17) is 11.6 Å². The number of amides is 3. The number of rotatable bonds is 6. The standard InChI is InChI=1S/C25H29ClN4O4/c26-18-5-3-17(4-6-18)15-27-21(31)19-7-8-20-23(33)29(13-14-30(20)22(19)32)16-25(9-10-25)24(34)28-11-1-2-12-28/h3-8,22,32H,1-2,9-16H2,(H,27,31). The van der Waals surface area contributed by atoms with Crippen LogP contribution in [0, 0.1) is 5.41 Å². The van der Waals surface area contributed by atoms with Crippen LogP contribution >= 0.6 is 11.6 Å². The van der Waals surface area contributed by atoms with Crippen LogP contribution in [0.1, 0.15) is 31.2 Å².